The first-order valence-corrected chi connectivity index (χ1v) is 17.0. The Morgan fingerprint density at radius 2 is 1.77 bits per heavy atom. The lowest BCUT2D eigenvalue weighted by Crippen LogP contribution is -2.29. The molecule has 0 bridgehead atoms. The van der Waals surface area contributed by atoms with Crippen molar-refractivity contribution in [2.45, 2.75) is 65.0 Å². The third-order valence-corrected chi connectivity index (χ3v) is 7.25. The predicted molar refractivity (Wildman–Crippen MR) is 123 cm³/mol. The predicted octanol–water partition coefficient (Wildman–Crippen LogP) is 7.11. The molecule has 2 rings (SSSR count). The van der Waals surface area contributed by atoms with Crippen molar-refractivity contribution in [3.8, 4) is 5.75 Å². The molecule has 1 unspecified atom stereocenters. The van der Waals surface area contributed by atoms with E-state index in [4.69, 9.17) is 8.85 Å². The number of hydrogen-bond acceptors (Lipinski definition) is 3. The first-order chi connectivity index (χ1) is 11.9. The summed E-state index contributed by atoms with van der Waals surface area (Å²) in [6, 6.07) is 8.84. The van der Waals surface area contributed by atoms with Gasteiger partial charge in [-0.3, -0.25) is 0 Å². The topological polar surface area (TPSA) is 18.5 Å². The van der Waals surface area contributed by atoms with E-state index in [0.29, 0.717) is 0 Å². The summed E-state index contributed by atoms with van der Waals surface area (Å²) in [5, 5.41) is 2.12. The molecular weight excluding hydrogens is 440 g/mol. The summed E-state index contributed by atoms with van der Waals surface area (Å²) >= 11 is 5.33. The average molecular weight is 472 g/mol. The molecule has 0 aliphatic heterocycles. The highest BCUT2D eigenvalue weighted by molar-refractivity contribution is 9.10. The molecule has 0 amide bonds. The molecule has 2 aromatic rings. The minimum Gasteiger partial charge on any atom is -0.547 e. The zero-order valence-corrected chi connectivity index (χ0v) is 21.7. The van der Waals surface area contributed by atoms with Gasteiger partial charge in [0.1, 0.15) is 11.9 Å². The summed E-state index contributed by atoms with van der Waals surface area (Å²) in [4.78, 5) is 1.22. The fraction of sp³-hybridized carbons (Fsp3) is 0.500. The highest BCUT2D eigenvalue weighted by Gasteiger charge is 2.28. The minimum atomic E-state index is -1.74. The molecule has 26 heavy (non-hydrogen) atoms. The number of thiophene rings is 1. The van der Waals surface area contributed by atoms with Gasteiger partial charge in [-0.1, -0.05) is 32.9 Å². The fourth-order valence-electron chi connectivity index (χ4n) is 2.67. The quantitative estimate of drug-likeness (QED) is 0.418. The van der Waals surface area contributed by atoms with Gasteiger partial charge >= 0.3 is 0 Å². The van der Waals surface area contributed by atoms with Crippen LogP contribution in [-0.4, -0.2) is 17.4 Å². The van der Waals surface area contributed by atoms with Crippen LogP contribution in [0.4, 0.5) is 0 Å². The van der Waals surface area contributed by atoms with Crippen molar-refractivity contribution in [2.75, 3.05) is 0 Å². The molecule has 0 radical (unpaired) electrons. The molecule has 0 spiro atoms. The van der Waals surface area contributed by atoms with Gasteiger partial charge in [0.2, 0.25) is 9.04 Å². The zero-order chi connectivity index (χ0) is 19.7. The van der Waals surface area contributed by atoms with Gasteiger partial charge < -0.3 is 8.85 Å². The highest BCUT2D eigenvalue weighted by atomic mass is 79.9. The molecule has 0 fully saturated rings. The first kappa shape index (κ1) is 21.9. The van der Waals surface area contributed by atoms with Crippen LogP contribution >= 0.6 is 27.3 Å². The maximum atomic E-state index is 6.63. The van der Waals surface area contributed by atoms with Crippen LogP contribution in [0, 0.1) is 0 Å². The molecule has 2 nitrogen and oxygen atoms in total. The lowest BCUT2D eigenvalue weighted by Gasteiger charge is -2.29. The van der Waals surface area contributed by atoms with E-state index in [1.807, 2.05) is 0 Å². The summed E-state index contributed by atoms with van der Waals surface area (Å²) in [5.41, 5.74) is 2.54. The highest BCUT2D eigenvalue weighted by Crippen LogP contribution is 2.40. The monoisotopic (exact) mass is 470 g/mol. The van der Waals surface area contributed by atoms with Crippen LogP contribution in [0.3, 0.4) is 0 Å². The standard InChI is InChI=1S/C20H31BrO2SSi2/c1-20(2,3)14-9-10-16(17(11-14)22-25(4)5)19(23-26(6,7)8)18-12-15(21)13-24-18/h9-13,19,25H,1-8H3. The molecule has 144 valence electrons. The van der Waals surface area contributed by atoms with Crippen LogP contribution in [0.5, 0.6) is 5.75 Å². The Balaban J connectivity index is 2.58. The van der Waals surface area contributed by atoms with Crippen molar-refractivity contribution < 1.29 is 8.85 Å². The van der Waals surface area contributed by atoms with Crippen LogP contribution < -0.4 is 4.43 Å². The first-order valence-electron chi connectivity index (χ1n) is 9.09. The second-order valence-corrected chi connectivity index (χ2v) is 17.6. The fourth-order valence-corrected chi connectivity index (χ4v) is 5.91. The van der Waals surface area contributed by atoms with E-state index < -0.39 is 17.4 Å². The number of hydrogen-bond donors (Lipinski definition) is 0. The smallest absolute Gasteiger partial charge is 0.229 e. The summed E-state index contributed by atoms with van der Waals surface area (Å²) in [7, 11) is -2.98. The van der Waals surface area contributed by atoms with Gasteiger partial charge in [0, 0.05) is 20.3 Å². The van der Waals surface area contributed by atoms with Crippen molar-refractivity contribution in [1.82, 2.24) is 0 Å². The lowest BCUT2D eigenvalue weighted by atomic mass is 9.86. The Morgan fingerprint density at radius 3 is 2.23 bits per heavy atom. The third kappa shape index (κ3) is 6.06. The van der Waals surface area contributed by atoms with E-state index in [1.165, 1.54) is 10.4 Å². The van der Waals surface area contributed by atoms with Crippen molar-refractivity contribution in [2.24, 2.45) is 0 Å². The summed E-state index contributed by atoms with van der Waals surface area (Å²) in [5.74, 6) is 0.992. The molecule has 0 aliphatic rings. The average Bonchev–Trinajstić information content (AvgIpc) is 2.89. The lowest BCUT2D eigenvalue weighted by molar-refractivity contribution is 0.240. The molecule has 1 atom stereocenters. The molecule has 6 heteroatoms. The van der Waals surface area contributed by atoms with Crippen LogP contribution in [0.2, 0.25) is 32.7 Å². The Labute approximate surface area is 173 Å². The largest absolute Gasteiger partial charge is 0.547 e. The Bertz CT molecular complexity index is 745. The molecular formula is C20H31BrO2SSi2. The maximum absolute atomic E-state index is 6.63. The normalized spacial score (nSPS) is 13.9. The van der Waals surface area contributed by atoms with E-state index in [2.05, 4.69) is 99.1 Å². The molecule has 0 saturated heterocycles. The Morgan fingerprint density at radius 1 is 1.12 bits per heavy atom. The third-order valence-electron chi connectivity index (χ3n) is 3.84. The van der Waals surface area contributed by atoms with E-state index >= 15 is 0 Å². The van der Waals surface area contributed by atoms with Gasteiger partial charge in [-0.25, -0.2) is 0 Å². The zero-order valence-electron chi connectivity index (χ0n) is 17.1. The Hall–Kier alpha value is -0.406. The van der Waals surface area contributed by atoms with Gasteiger partial charge in [-0.2, -0.15) is 0 Å². The van der Waals surface area contributed by atoms with Crippen LogP contribution in [0.15, 0.2) is 34.1 Å². The SMILES string of the molecule is C[SiH](C)Oc1cc(C(C)(C)C)ccc1C(O[Si](C)(C)C)c1cc(Br)cs1. The molecule has 0 aliphatic carbocycles. The molecule has 0 N–H and O–H groups in total. The Kier molecular flexibility index (Phi) is 6.99. The van der Waals surface area contributed by atoms with E-state index in [1.54, 1.807) is 11.3 Å². The summed E-state index contributed by atoms with van der Waals surface area (Å²) < 4.78 is 14.1. The van der Waals surface area contributed by atoms with E-state index in [-0.39, 0.29) is 11.5 Å². The van der Waals surface area contributed by atoms with Gasteiger partial charge in [0.05, 0.1) is 0 Å². The number of rotatable bonds is 6. The van der Waals surface area contributed by atoms with Gasteiger partial charge in [0.25, 0.3) is 0 Å². The second kappa shape index (κ2) is 8.31. The maximum Gasteiger partial charge on any atom is 0.229 e. The molecule has 1 aromatic heterocycles. The van der Waals surface area contributed by atoms with Crippen LogP contribution in [-0.2, 0) is 9.84 Å². The number of halogens is 1. The van der Waals surface area contributed by atoms with Gasteiger partial charge in [-0.05, 0) is 71.8 Å². The summed E-state index contributed by atoms with van der Waals surface area (Å²) in [6.45, 7) is 17.9. The van der Waals surface area contributed by atoms with Crippen molar-refractivity contribution >= 4 is 44.6 Å². The van der Waals surface area contributed by atoms with Crippen LogP contribution in [0.1, 0.15) is 42.9 Å². The van der Waals surface area contributed by atoms with Gasteiger partial charge in [0.15, 0.2) is 8.32 Å². The van der Waals surface area contributed by atoms with Crippen LogP contribution in [0.25, 0.3) is 0 Å². The molecule has 1 heterocycles. The van der Waals surface area contributed by atoms with Crippen molar-refractivity contribution in [3.05, 3.63) is 50.1 Å². The molecule has 1 aromatic carbocycles. The van der Waals surface area contributed by atoms with E-state index in [9.17, 15) is 0 Å². The summed E-state index contributed by atoms with van der Waals surface area (Å²) in [6.07, 6.45) is -0.0743. The van der Waals surface area contributed by atoms with Crippen molar-refractivity contribution in [1.29, 1.82) is 0 Å². The number of benzene rings is 1. The molecule has 0 saturated carbocycles. The minimum absolute atomic E-state index is 0.0743. The second-order valence-electron chi connectivity index (χ2n) is 8.95. The van der Waals surface area contributed by atoms with Gasteiger partial charge in [-0.15, -0.1) is 11.3 Å². The van der Waals surface area contributed by atoms with E-state index in [0.717, 1.165) is 15.8 Å². The van der Waals surface area contributed by atoms with Crippen molar-refractivity contribution in [3.63, 3.8) is 0 Å².